The Morgan fingerprint density at radius 1 is 0.946 bits per heavy atom. The van der Waals surface area contributed by atoms with Crippen LogP contribution >= 0.6 is 0 Å². The Morgan fingerprint density at radius 3 is 2.41 bits per heavy atom. The Bertz CT molecular complexity index is 1530. The number of hydrogen-bond acceptors (Lipinski definition) is 6. The quantitative estimate of drug-likeness (QED) is 0.402. The van der Waals surface area contributed by atoms with Gasteiger partial charge in [0, 0.05) is 50.0 Å². The first-order chi connectivity index (χ1) is 18.0. The summed E-state index contributed by atoms with van der Waals surface area (Å²) in [5.41, 5.74) is 7.01. The van der Waals surface area contributed by atoms with Crippen molar-refractivity contribution in [2.75, 3.05) is 43.0 Å². The molecule has 7 heteroatoms. The zero-order chi connectivity index (χ0) is 25.5. The second-order valence-electron chi connectivity index (χ2n) is 9.57. The highest BCUT2D eigenvalue weighted by molar-refractivity contribution is 6.08. The molecule has 1 amide bonds. The number of benzene rings is 3. The smallest absolute Gasteiger partial charge is 0.258 e. The van der Waals surface area contributed by atoms with Crippen molar-refractivity contribution in [1.82, 2.24) is 9.88 Å². The predicted octanol–water partition coefficient (Wildman–Crippen LogP) is 5.02. The maximum atomic E-state index is 13.3. The normalized spacial score (nSPS) is 17.6. The van der Waals surface area contributed by atoms with E-state index in [4.69, 9.17) is 4.42 Å². The van der Waals surface area contributed by atoms with Crippen LogP contribution in [0.5, 0.6) is 0 Å². The molecule has 1 aromatic heterocycles. The van der Waals surface area contributed by atoms with Crippen LogP contribution in [-0.4, -0.2) is 49.0 Å². The summed E-state index contributed by atoms with van der Waals surface area (Å²) in [5, 5.41) is 9.91. The summed E-state index contributed by atoms with van der Waals surface area (Å²) >= 11 is 0. The summed E-state index contributed by atoms with van der Waals surface area (Å²) in [7, 11) is 1.85. The molecule has 1 fully saturated rings. The largest absolute Gasteiger partial charge is 0.444 e. The third kappa shape index (κ3) is 3.96. The molecular formula is C30H27N5O2. The van der Waals surface area contributed by atoms with Crippen molar-refractivity contribution in [3.63, 3.8) is 0 Å². The van der Waals surface area contributed by atoms with Crippen LogP contribution in [0.2, 0.25) is 0 Å². The van der Waals surface area contributed by atoms with Crippen LogP contribution in [0, 0.1) is 18.3 Å². The zero-order valence-corrected chi connectivity index (χ0v) is 20.9. The van der Waals surface area contributed by atoms with E-state index in [1.54, 1.807) is 11.2 Å². The van der Waals surface area contributed by atoms with E-state index in [0.29, 0.717) is 11.5 Å². The molecule has 0 aliphatic carbocycles. The molecule has 37 heavy (non-hydrogen) atoms. The Balaban J connectivity index is 1.30. The van der Waals surface area contributed by atoms with Gasteiger partial charge in [-0.25, -0.2) is 4.98 Å². The lowest BCUT2D eigenvalue weighted by molar-refractivity contribution is 0.0992. The summed E-state index contributed by atoms with van der Waals surface area (Å²) in [5.74, 6) is 0.541. The van der Waals surface area contributed by atoms with Gasteiger partial charge in [0.25, 0.3) is 5.91 Å². The predicted molar refractivity (Wildman–Crippen MR) is 143 cm³/mol. The maximum Gasteiger partial charge on any atom is 0.258 e. The van der Waals surface area contributed by atoms with Crippen LogP contribution in [0.4, 0.5) is 11.4 Å². The van der Waals surface area contributed by atoms with Crippen molar-refractivity contribution < 1.29 is 9.21 Å². The van der Waals surface area contributed by atoms with Crippen molar-refractivity contribution in [3.8, 4) is 17.5 Å². The van der Waals surface area contributed by atoms with Crippen molar-refractivity contribution in [3.05, 3.63) is 101 Å². The number of hydrogen-bond donors (Lipinski definition) is 0. The van der Waals surface area contributed by atoms with Gasteiger partial charge in [-0.15, -0.1) is 0 Å². The van der Waals surface area contributed by atoms with E-state index < -0.39 is 0 Å². The van der Waals surface area contributed by atoms with Gasteiger partial charge >= 0.3 is 0 Å². The molecule has 6 rings (SSSR count). The molecule has 0 spiro atoms. The van der Waals surface area contributed by atoms with Crippen molar-refractivity contribution in [2.24, 2.45) is 0 Å². The van der Waals surface area contributed by atoms with Gasteiger partial charge in [-0.1, -0.05) is 36.4 Å². The standard InChI is InChI=1S/C30H27N5O2/c1-20-19-37-29(32-20)21-11-12-26(22(17-21)18-31)34-13-15-35(16-14-34)28-23-7-3-4-8-24(23)30(36)33(2)27-10-6-5-9-25(27)28/h3-12,17,19,28H,13-16H2,1-2H3. The molecule has 3 aromatic carbocycles. The van der Waals surface area contributed by atoms with E-state index in [9.17, 15) is 10.1 Å². The van der Waals surface area contributed by atoms with E-state index >= 15 is 0 Å². The lowest BCUT2D eigenvalue weighted by Crippen LogP contribution is -2.48. The van der Waals surface area contributed by atoms with Crippen LogP contribution in [0.3, 0.4) is 0 Å². The number of amides is 1. The Labute approximate surface area is 216 Å². The van der Waals surface area contributed by atoms with Crippen molar-refractivity contribution in [1.29, 1.82) is 5.26 Å². The molecule has 0 bridgehead atoms. The maximum absolute atomic E-state index is 13.3. The van der Waals surface area contributed by atoms with Gasteiger partial charge in [-0.05, 0) is 48.4 Å². The molecule has 7 nitrogen and oxygen atoms in total. The van der Waals surface area contributed by atoms with E-state index in [1.165, 1.54) is 0 Å². The molecule has 3 heterocycles. The number of aryl methyl sites for hydroxylation is 1. The second kappa shape index (κ2) is 9.23. The monoisotopic (exact) mass is 489 g/mol. The summed E-state index contributed by atoms with van der Waals surface area (Å²) < 4.78 is 5.53. The summed E-state index contributed by atoms with van der Waals surface area (Å²) in [4.78, 5) is 24.2. The van der Waals surface area contributed by atoms with Gasteiger partial charge in [-0.2, -0.15) is 5.26 Å². The summed E-state index contributed by atoms with van der Waals surface area (Å²) in [6, 6.07) is 24.3. The highest BCUT2D eigenvalue weighted by Gasteiger charge is 2.35. The number of nitrogens with zero attached hydrogens (tertiary/aromatic N) is 5. The minimum atomic E-state index is -0.0190. The second-order valence-corrected chi connectivity index (χ2v) is 9.57. The molecule has 0 saturated carbocycles. The minimum absolute atomic E-state index is 0.0178. The molecule has 0 radical (unpaired) electrons. The SMILES string of the molecule is Cc1coc(-c2ccc(N3CCN(C4c5ccccc5C(=O)N(C)c5ccccc54)CC3)c(C#N)c2)n1. The third-order valence-electron chi connectivity index (χ3n) is 7.39. The lowest BCUT2D eigenvalue weighted by Gasteiger charge is -2.41. The Hall–Kier alpha value is -4.41. The van der Waals surface area contributed by atoms with Crippen LogP contribution in [0.25, 0.3) is 11.5 Å². The highest BCUT2D eigenvalue weighted by atomic mass is 16.3. The minimum Gasteiger partial charge on any atom is -0.444 e. The van der Waals surface area contributed by atoms with Crippen LogP contribution < -0.4 is 9.80 Å². The van der Waals surface area contributed by atoms with Gasteiger partial charge in [-0.3, -0.25) is 9.69 Å². The molecule has 4 aromatic rings. The first-order valence-electron chi connectivity index (χ1n) is 12.5. The summed E-state index contributed by atoms with van der Waals surface area (Å²) in [6.07, 6.45) is 1.61. The van der Waals surface area contributed by atoms with E-state index in [-0.39, 0.29) is 11.9 Å². The third-order valence-corrected chi connectivity index (χ3v) is 7.39. The number of para-hydroxylation sites is 1. The molecule has 1 atom stereocenters. The van der Waals surface area contributed by atoms with E-state index in [0.717, 1.165) is 65.5 Å². The molecule has 184 valence electrons. The van der Waals surface area contributed by atoms with E-state index in [2.05, 4.69) is 33.0 Å². The van der Waals surface area contributed by atoms with Crippen molar-refractivity contribution >= 4 is 17.3 Å². The number of anilines is 2. The zero-order valence-electron chi connectivity index (χ0n) is 20.9. The number of oxazole rings is 1. The van der Waals surface area contributed by atoms with E-state index in [1.807, 2.05) is 68.6 Å². The van der Waals surface area contributed by atoms with Crippen LogP contribution in [0.15, 0.2) is 77.4 Å². The molecular weight excluding hydrogens is 462 g/mol. The van der Waals surface area contributed by atoms with Crippen LogP contribution in [0.1, 0.15) is 38.8 Å². The average Bonchev–Trinajstić information content (AvgIpc) is 3.36. The number of rotatable bonds is 3. The van der Waals surface area contributed by atoms with Gasteiger partial charge in [0.15, 0.2) is 0 Å². The average molecular weight is 490 g/mol. The molecule has 1 unspecified atom stereocenters. The molecule has 2 aliphatic heterocycles. The number of carbonyl (C=O) groups is 1. The Kier molecular flexibility index (Phi) is 5.74. The topological polar surface area (TPSA) is 76.6 Å². The fourth-order valence-corrected chi connectivity index (χ4v) is 5.55. The Morgan fingerprint density at radius 2 is 1.68 bits per heavy atom. The first kappa shape index (κ1) is 23.0. The summed E-state index contributed by atoms with van der Waals surface area (Å²) in [6.45, 7) is 5.03. The van der Waals surface area contributed by atoms with Gasteiger partial charge in [0.2, 0.25) is 5.89 Å². The highest BCUT2D eigenvalue weighted by Crippen LogP contribution is 2.40. The number of fused-ring (bicyclic) bond motifs is 2. The number of piperazine rings is 1. The number of carbonyl (C=O) groups excluding carboxylic acids is 1. The van der Waals surface area contributed by atoms with Gasteiger partial charge in [0.1, 0.15) is 12.3 Å². The number of aromatic nitrogens is 1. The molecule has 2 aliphatic rings. The number of nitriles is 1. The molecule has 1 saturated heterocycles. The van der Waals surface area contributed by atoms with Gasteiger partial charge in [0.05, 0.1) is 23.0 Å². The van der Waals surface area contributed by atoms with Gasteiger partial charge < -0.3 is 14.2 Å². The fourth-order valence-electron chi connectivity index (χ4n) is 5.55. The van der Waals surface area contributed by atoms with Crippen molar-refractivity contribution in [2.45, 2.75) is 13.0 Å². The fraction of sp³-hybridized carbons (Fsp3) is 0.233. The lowest BCUT2D eigenvalue weighted by atomic mass is 9.93. The first-order valence-corrected chi connectivity index (χ1v) is 12.5. The van der Waals surface area contributed by atoms with Crippen LogP contribution in [-0.2, 0) is 0 Å². The molecule has 0 N–H and O–H groups in total.